The first-order valence-electron chi connectivity index (χ1n) is 6.59. The number of rotatable bonds is 3. The molecule has 0 radical (unpaired) electrons. The van der Waals surface area contributed by atoms with Gasteiger partial charge >= 0.3 is 0 Å². The van der Waals surface area contributed by atoms with Crippen LogP contribution >= 0.6 is 0 Å². The van der Waals surface area contributed by atoms with Gasteiger partial charge in [0, 0.05) is 5.56 Å². The molecule has 3 heterocycles. The number of fused-ring (bicyclic) bond motifs is 1. The van der Waals surface area contributed by atoms with Crippen LogP contribution in [0.4, 0.5) is 5.82 Å². The smallest absolute Gasteiger partial charge is 0.207 e. The molecule has 0 aliphatic carbocycles. The van der Waals surface area contributed by atoms with Gasteiger partial charge in [-0.25, -0.2) is 4.68 Å². The number of nitrogens with zero attached hydrogens (tertiary/aromatic N) is 7. The second-order valence-corrected chi connectivity index (χ2v) is 4.88. The van der Waals surface area contributed by atoms with Gasteiger partial charge in [0.2, 0.25) is 5.82 Å². The molecular weight excluding hydrogens is 270 g/mol. The number of hydrogen-bond acceptors (Lipinski definition) is 7. The lowest BCUT2D eigenvalue weighted by Gasteiger charge is -2.05. The summed E-state index contributed by atoms with van der Waals surface area (Å²) in [4.78, 5) is 0. The second kappa shape index (κ2) is 4.77. The molecule has 2 aromatic rings. The summed E-state index contributed by atoms with van der Waals surface area (Å²) in [5, 5.41) is 21.2. The molecule has 9 heteroatoms. The minimum absolute atomic E-state index is 0.282. The summed E-state index contributed by atoms with van der Waals surface area (Å²) in [7, 11) is 0. The minimum atomic E-state index is 0.282. The van der Waals surface area contributed by atoms with Crippen molar-refractivity contribution in [3.63, 3.8) is 0 Å². The Labute approximate surface area is 121 Å². The first-order valence-corrected chi connectivity index (χ1v) is 6.59. The number of nitrogens with one attached hydrogen (secondary N) is 1. The zero-order valence-corrected chi connectivity index (χ0v) is 12.4. The molecule has 0 aromatic carbocycles. The Hall–Kier alpha value is -2.55. The molecule has 0 fully saturated rings. The minimum Gasteiger partial charge on any atom is -0.312 e. The zero-order chi connectivity index (χ0) is 15.1. The lowest BCUT2D eigenvalue weighted by molar-refractivity contribution is 0.638. The van der Waals surface area contributed by atoms with Crippen LogP contribution in [0.15, 0.2) is 10.2 Å². The summed E-state index contributed by atoms with van der Waals surface area (Å²) in [6, 6.07) is 0. The largest absolute Gasteiger partial charge is 0.312 e. The predicted octanol–water partition coefficient (Wildman–Crippen LogP) is 0.370. The highest BCUT2D eigenvalue weighted by Gasteiger charge is 2.24. The van der Waals surface area contributed by atoms with E-state index in [-0.39, 0.29) is 6.67 Å². The zero-order valence-electron chi connectivity index (χ0n) is 12.4. The van der Waals surface area contributed by atoms with Crippen LogP contribution < -0.4 is 11.2 Å². The molecule has 1 aliphatic rings. The first-order chi connectivity index (χ1) is 10.0. The highest BCUT2D eigenvalue weighted by atomic mass is 15.5. The second-order valence-electron chi connectivity index (χ2n) is 4.88. The van der Waals surface area contributed by atoms with E-state index in [1.54, 1.807) is 9.36 Å². The van der Waals surface area contributed by atoms with Crippen molar-refractivity contribution in [2.45, 2.75) is 34.4 Å². The Morgan fingerprint density at radius 3 is 2.67 bits per heavy atom. The van der Waals surface area contributed by atoms with E-state index in [2.05, 4.69) is 30.9 Å². The van der Waals surface area contributed by atoms with Crippen molar-refractivity contribution in [1.29, 1.82) is 0 Å². The van der Waals surface area contributed by atoms with E-state index in [4.69, 9.17) is 5.73 Å². The fourth-order valence-electron chi connectivity index (χ4n) is 2.17. The van der Waals surface area contributed by atoms with Gasteiger partial charge in [0.05, 0.1) is 18.1 Å². The molecule has 0 bridgehead atoms. The van der Waals surface area contributed by atoms with Crippen molar-refractivity contribution in [2.24, 2.45) is 15.9 Å². The first kappa shape index (κ1) is 13.4. The van der Waals surface area contributed by atoms with Gasteiger partial charge in [-0.1, -0.05) is 0 Å². The lowest BCUT2D eigenvalue weighted by Crippen LogP contribution is -2.15. The molecule has 0 atom stereocenters. The van der Waals surface area contributed by atoms with E-state index in [0.717, 1.165) is 28.6 Å². The van der Waals surface area contributed by atoms with Gasteiger partial charge in [0.25, 0.3) is 0 Å². The SMILES string of the molecule is CC1=Nn2c(C)nnc2/C1=N\Nc1c(C)c(C)nn1CN. The Morgan fingerprint density at radius 1 is 1.19 bits per heavy atom. The van der Waals surface area contributed by atoms with Crippen molar-refractivity contribution in [2.75, 3.05) is 5.43 Å². The summed E-state index contributed by atoms with van der Waals surface area (Å²) >= 11 is 0. The fraction of sp³-hybridized carbons (Fsp3) is 0.417. The molecule has 0 unspecified atom stereocenters. The number of anilines is 1. The molecule has 0 amide bonds. The van der Waals surface area contributed by atoms with Crippen molar-refractivity contribution < 1.29 is 0 Å². The van der Waals surface area contributed by atoms with Crippen LogP contribution in [0.1, 0.15) is 29.8 Å². The number of nitrogens with two attached hydrogens (primary N) is 1. The maximum Gasteiger partial charge on any atom is 0.207 e. The summed E-state index contributed by atoms with van der Waals surface area (Å²) in [6.45, 7) is 7.92. The molecule has 110 valence electrons. The molecule has 0 saturated heterocycles. The highest BCUT2D eigenvalue weighted by molar-refractivity contribution is 6.48. The van der Waals surface area contributed by atoms with Crippen LogP contribution in [-0.2, 0) is 6.67 Å². The van der Waals surface area contributed by atoms with Crippen molar-refractivity contribution in [1.82, 2.24) is 24.7 Å². The van der Waals surface area contributed by atoms with Crippen LogP contribution in [-0.4, -0.2) is 36.1 Å². The maximum atomic E-state index is 5.69. The number of hydrogen-bond donors (Lipinski definition) is 2. The summed E-state index contributed by atoms with van der Waals surface area (Å²) in [5.41, 5.74) is 12.1. The quantitative estimate of drug-likeness (QED) is 0.792. The van der Waals surface area contributed by atoms with Crippen LogP contribution in [0.25, 0.3) is 0 Å². The Balaban J connectivity index is 1.96. The van der Waals surface area contributed by atoms with Crippen LogP contribution in [0.2, 0.25) is 0 Å². The van der Waals surface area contributed by atoms with E-state index in [9.17, 15) is 0 Å². The Bertz CT molecular complexity index is 762. The van der Waals surface area contributed by atoms with E-state index in [0.29, 0.717) is 11.5 Å². The van der Waals surface area contributed by atoms with Crippen molar-refractivity contribution in [3.8, 4) is 0 Å². The normalized spacial score (nSPS) is 15.5. The molecule has 0 spiro atoms. The summed E-state index contributed by atoms with van der Waals surface area (Å²) in [6.07, 6.45) is 0. The van der Waals surface area contributed by atoms with Gasteiger partial charge < -0.3 is 5.73 Å². The monoisotopic (exact) mass is 287 g/mol. The fourth-order valence-corrected chi connectivity index (χ4v) is 2.17. The van der Waals surface area contributed by atoms with Gasteiger partial charge in [-0.2, -0.15) is 20.0 Å². The van der Waals surface area contributed by atoms with E-state index in [1.165, 1.54) is 0 Å². The average Bonchev–Trinajstić information content (AvgIpc) is 3.05. The molecule has 3 rings (SSSR count). The molecule has 1 aliphatic heterocycles. The third-order valence-corrected chi connectivity index (χ3v) is 3.47. The molecule has 9 nitrogen and oxygen atoms in total. The van der Waals surface area contributed by atoms with Crippen LogP contribution in [0.3, 0.4) is 0 Å². The summed E-state index contributed by atoms with van der Waals surface area (Å²) in [5.74, 6) is 2.13. The Morgan fingerprint density at radius 2 is 1.95 bits per heavy atom. The number of aromatic nitrogens is 5. The van der Waals surface area contributed by atoms with Crippen molar-refractivity contribution >= 4 is 17.2 Å². The van der Waals surface area contributed by atoms with Gasteiger partial charge in [-0.3, -0.25) is 5.43 Å². The van der Waals surface area contributed by atoms with Gasteiger partial charge in [-0.15, -0.1) is 10.2 Å². The predicted molar refractivity (Wildman–Crippen MR) is 79.3 cm³/mol. The topological polar surface area (TPSA) is 111 Å². The molecule has 21 heavy (non-hydrogen) atoms. The summed E-state index contributed by atoms with van der Waals surface area (Å²) < 4.78 is 3.35. The molecule has 2 aromatic heterocycles. The molecular formula is C12H17N9. The van der Waals surface area contributed by atoms with Crippen LogP contribution in [0, 0.1) is 20.8 Å². The van der Waals surface area contributed by atoms with Crippen LogP contribution in [0.5, 0.6) is 0 Å². The van der Waals surface area contributed by atoms with E-state index in [1.807, 2.05) is 27.7 Å². The van der Waals surface area contributed by atoms with Gasteiger partial charge in [-0.05, 0) is 27.7 Å². The Kier molecular flexibility index (Phi) is 3.05. The van der Waals surface area contributed by atoms with Gasteiger partial charge in [0.1, 0.15) is 5.82 Å². The van der Waals surface area contributed by atoms with Crippen molar-refractivity contribution in [3.05, 3.63) is 22.9 Å². The average molecular weight is 287 g/mol. The van der Waals surface area contributed by atoms with E-state index >= 15 is 0 Å². The highest BCUT2D eigenvalue weighted by Crippen LogP contribution is 2.19. The maximum absolute atomic E-state index is 5.69. The standard InChI is InChI=1S/C12H17N9/c1-6-7(2)18-20(5-13)11(6)16-15-10-8(3)19-21-9(4)14-17-12(10)21/h16H,5,13H2,1-4H3/b15-10-. The van der Waals surface area contributed by atoms with E-state index < -0.39 is 0 Å². The third-order valence-electron chi connectivity index (χ3n) is 3.47. The number of hydrazone groups is 1. The number of aryl methyl sites for hydroxylation is 2. The molecule has 0 saturated carbocycles. The lowest BCUT2D eigenvalue weighted by atomic mass is 10.2. The third kappa shape index (κ3) is 2.02. The molecule has 3 N–H and O–H groups in total. The van der Waals surface area contributed by atoms with Gasteiger partial charge in [0.15, 0.2) is 11.5 Å².